The van der Waals surface area contributed by atoms with Crippen LogP contribution in [0.2, 0.25) is 0 Å². The molecule has 1 aliphatic rings. The van der Waals surface area contributed by atoms with Gasteiger partial charge in [-0.3, -0.25) is 14.3 Å². The van der Waals surface area contributed by atoms with Crippen molar-refractivity contribution in [3.63, 3.8) is 0 Å². The molecule has 0 fully saturated rings. The number of aryl methyl sites for hydroxylation is 2. The Bertz CT molecular complexity index is 1550. The maximum Gasteiger partial charge on any atom is 0.420 e. The van der Waals surface area contributed by atoms with Crippen molar-refractivity contribution in [2.75, 3.05) is 30.9 Å². The molecule has 42 heavy (non-hydrogen) atoms. The van der Waals surface area contributed by atoms with Gasteiger partial charge in [-0.15, -0.1) is 5.11 Å². The van der Waals surface area contributed by atoms with Gasteiger partial charge in [-0.05, 0) is 55.5 Å². The molecule has 0 amide bonds. The van der Waals surface area contributed by atoms with Gasteiger partial charge >= 0.3 is 6.18 Å². The Labute approximate surface area is 241 Å². The van der Waals surface area contributed by atoms with Gasteiger partial charge in [0.1, 0.15) is 11.4 Å². The predicted octanol–water partition coefficient (Wildman–Crippen LogP) is 7.12. The van der Waals surface area contributed by atoms with E-state index in [-0.39, 0.29) is 24.2 Å². The summed E-state index contributed by atoms with van der Waals surface area (Å²) in [4.78, 5) is 12.3. The number of fused-ring (bicyclic) bond motifs is 1. The van der Waals surface area contributed by atoms with E-state index in [9.17, 15) is 31.7 Å². The molecule has 0 aliphatic carbocycles. The molecule has 0 spiro atoms. The monoisotopic (exact) mass is 606 g/mol. The van der Waals surface area contributed by atoms with Gasteiger partial charge in [-0.1, -0.05) is 29.8 Å². The minimum absolute atomic E-state index is 0.0458. The van der Waals surface area contributed by atoms with Crippen molar-refractivity contribution >= 4 is 32.9 Å². The van der Waals surface area contributed by atoms with Crippen molar-refractivity contribution in [2.24, 2.45) is 10.2 Å². The summed E-state index contributed by atoms with van der Waals surface area (Å²) in [5.74, 6) is -0.177. The van der Waals surface area contributed by atoms with Gasteiger partial charge in [0.2, 0.25) is 0 Å². The van der Waals surface area contributed by atoms with E-state index in [1.54, 1.807) is 13.0 Å². The van der Waals surface area contributed by atoms with Crippen molar-refractivity contribution in [3.05, 3.63) is 87.5 Å². The van der Waals surface area contributed by atoms with Crippen LogP contribution in [0.25, 0.3) is 0 Å². The summed E-state index contributed by atoms with van der Waals surface area (Å²) in [7, 11) is -3.03. The first-order valence-corrected chi connectivity index (χ1v) is 14.6. The van der Waals surface area contributed by atoms with Gasteiger partial charge in [0.25, 0.3) is 15.8 Å². The van der Waals surface area contributed by atoms with Crippen LogP contribution in [0.4, 0.5) is 35.9 Å². The zero-order valence-corrected chi connectivity index (χ0v) is 23.7. The highest BCUT2D eigenvalue weighted by Gasteiger charge is 2.44. The highest BCUT2D eigenvalue weighted by atomic mass is 32.2. The lowest BCUT2D eigenvalue weighted by Gasteiger charge is -2.32. The normalized spacial score (nSPS) is 14.5. The fourth-order valence-electron chi connectivity index (χ4n) is 4.57. The molecule has 0 aromatic heterocycles. The fourth-order valence-corrected chi connectivity index (χ4v) is 5.66. The lowest BCUT2D eigenvalue weighted by Crippen LogP contribution is -2.32. The Balaban J connectivity index is 1.44. The van der Waals surface area contributed by atoms with Crippen LogP contribution in [0.5, 0.6) is 5.75 Å². The third-order valence-electron chi connectivity index (χ3n) is 6.67. The number of nitro groups is 1. The summed E-state index contributed by atoms with van der Waals surface area (Å²) < 4.78 is 76.3. The number of benzene rings is 3. The first-order valence-electron chi connectivity index (χ1n) is 13.0. The number of nitro benzene ring substituents is 1. The smallest absolute Gasteiger partial charge is 0.420 e. The van der Waals surface area contributed by atoms with E-state index in [0.29, 0.717) is 23.7 Å². The maximum atomic E-state index is 13.7. The summed E-state index contributed by atoms with van der Waals surface area (Å²) in [5.41, 5.74) is 2.98. The van der Waals surface area contributed by atoms with Crippen molar-refractivity contribution in [1.29, 1.82) is 0 Å². The van der Waals surface area contributed by atoms with Gasteiger partial charge in [-0.25, -0.2) is 0 Å². The minimum Gasteiger partial charge on any atom is -0.494 e. The largest absolute Gasteiger partial charge is 0.494 e. The Morgan fingerprint density at radius 3 is 2.38 bits per heavy atom. The predicted molar refractivity (Wildman–Crippen MR) is 150 cm³/mol. The molecule has 3 aromatic rings. The topological polar surface area (TPSA) is 124 Å². The van der Waals surface area contributed by atoms with Crippen LogP contribution in [-0.2, 0) is 20.7 Å². The van der Waals surface area contributed by atoms with E-state index >= 15 is 0 Å². The molecule has 0 bridgehead atoms. The van der Waals surface area contributed by atoms with Crippen LogP contribution in [-0.4, -0.2) is 45.5 Å². The zero-order valence-electron chi connectivity index (χ0n) is 22.9. The number of ether oxygens (including phenoxy) is 1. The number of halogens is 3. The van der Waals surface area contributed by atoms with E-state index in [1.807, 2.05) is 11.0 Å². The molecule has 3 aromatic carbocycles. The fraction of sp³-hybridized carbons (Fsp3) is 0.357. The summed E-state index contributed by atoms with van der Waals surface area (Å²) >= 11 is 0. The SMILES string of the molecule is COc1cc2c(cc1N=Nc1ccc([N+](=O)[O-])cc1)CCCN2CCCS(=O)(=O)OC(c1ccc(C)cc1)C(F)(F)F. The van der Waals surface area contributed by atoms with Crippen molar-refractivity contribution in [3.8, 4) is 5.75 Å². The van der Waals surface area contributed by atoms with Crippen molar-refractivity contribution in [1.82, 2.24) is 0 Å². The maximum absolute atomic E-state index is 13.7. The number of methoxy groups -OCH3 is 1. The standard InChI is InChI=1S/C28H29F3N4O6S/c1-19-6-8-20(9-7-19)27(28(29,30)31)41-42(38,39)16-4-15-34-14-3-5-21-17-24(26(40-2)18-25(21)34)33-32-22-10-12-23(13-11-22)35(36)37/h6-13,17-18,27H,3-5,14-16H2,1-2H3. The second kappa shape index (κ2) is 12.9. The molecule has 1 aliphatic heterocycles. The molecule has 0 saturated carbocycles. The first kappa shape index (κ1) is 30.9. The van der Waals surface area contributed by atoms with Crippen LogP contribution < -0.4 is 9.64 Å². The van der Waals surface area contributed by atoms with E-state index in [2.05, 4.69) is 14.4 Å². The molecule has 1 heterocycles. The number of rotatable bonds is 11. The molecule has 0 saturated heterocycles. The Hall–Kier alpha value is -4.04. The third-order valence-corrected chi connectivity index (χ3v) is 7.95. The van der Waals surface area contributed by atoms with Crippen molar-refractivity contribution < 1.29 is 35.4 Å². The van der Waals surface area contributed by atoms with Gasteiger partial charge < -0.3 is 9.64 Å². The highest BCUT2D eigenvalue weighted by Crippen LogP contribution is 2.40. The molecule has 14 heteroatoms. The highest BCUT2D eigenvalue weighted by molar-refractivity contribution is 7.86. The second-order valence-electron chi connectivity index (χ2n) is 9.76. The average molecular weight is 607 g/mol. The molecule has 224 valence electrons. The second-order valence-corrected chi connectivity index (χ2v) is 11.5. The molecule has 10 nitrogen and oxygen atoms in total. The van der Waals surface area contributed by atoms with Crippen LogP contribution in [0.15, 0.2) is 70.9 Å². The Morgan fingerprint density at radius 1 is 1.07 bits per heavy atom. The lowest BCUT2D eigenvalue weighted by molar-refractivity contribution is -0.384. The van der Waals surface area contributed by atoms with Crippen LogP contribution >= 0.6 is 0 Å². The van der Waals surface area contributed by atoms with E-state index < -0.39 is 33.1 Å². The molecule has 1 atom stereocenters. The molecule has 1 unspecified atom stereocenters. The zero-order chi connectivity index (χ0) is 30.5. The summed E-state index contributed by atoms with van der Waals surface area (Å²) in [6.07, 6.45) is -5.95. The number of hydrogen-bond acceptors (Lipinski definition) is 9. The van der Waals surface area contributed by atoms with Gasteiger partial charge in [-0.2, -0.15) is 26.7 Å². The van der Waals surface area contributed by atoms with Gasteiger partial charge in [0, 0.05) is 37.0 Å². The number of nitrogens with zero attached hydrogens (tertiary/aromatic N) is 4. The lowest BCUT2D eigenvalue weighted by atomic mass is 10.0. The van der Waals surface area contributed by atoms with Crippen molar-refractivity contribution in [2.45, 2.75) is 38.5 Å². The quantitative estimate of drug-likeness (QED) is 0.0985. The van der Waals surface area contributed by atoms with E-state index in [4.69, 9.17) is 4.74 Å². The number of azo groups is 1. The van der Waals surface area contributed by atoms with Crippen LogP contribution in [0.1, 0.15) is 35.6 Å². The van der Waals surface area contributed by atoms with E-state index in [1.165, 1.54) is 55.6 Å². The molecular weight excluding hydrogens is 577 g/mol. The summed E-state index contributed by atoms with van der Waals surface area (Å²) in [6, 6.07) is 14.5. The van der Waals surface area contributed by atoms with E-state index in [0.717, 1.165) is 29.7 Å². The van der Waals surface area contributed by atoms with Crippen LogP contribution in [0.3, 0.4) is 0 Å². The number of alkyl halides is 3. The number of hydrogen-bond donors (Lipinski definition) is 0. The van der Waals surface area contributed by atoms with Gasteiger partial charge in [0.05, 0.1) is 23.5 Å². The van der Waals surface area contributed by atoms with Crippen LogP contribution in [0, 0.1) is 17.0 Å². The van der Waals surface area contributed by atoms with Gasteiger partial charge in [0.15, 0.2) is 6.10 Å². The molecule has 4 rings (SSSR count). The number of non-ortho nitro benzene ring substituents is 1. The first-order chi connectivity index (χ1) is 19.9. The molecule has 0 radical (unpaired) electrons. The average Bonchev–Trinajstić information content (AvgIpc) is 2.94. The summed E-state index contributed by atoms with van der Waals surface area (Å²) in [6.45, 7) is 2.60. The minimum atomic E-state index is -4.90. The number of anilines is 1. The Kier molecular flexibility index (Phi) is 9.46. The third kappa shape index (κ3) is 7.82. The summed E-state index contributed by atoms with van der Waals surface area (Å²) in [5, 5.41) is 19.2. The Morgan fingerprint density at radius 2 is 1.76 bits per heavy atom. The molecular formula is C28H29F3N4O6S. The molecule has 0 N–H and O–H groups in total.